The predicted octanol–water partition coefficient (Wildman–Crippen LogP) is 3.91. The Morgan fingerprint density at radius 3 is 2.72 bits per heavy atom. The number of H-pyrrole nitrogens is 1. The molecular formula is C19H18N4OS. The van der Waals surface area contributed by atoms with E-state index in [-0.39, 0.29) is 11.9 Å². The highest BCUT2D eigenvalue weighted by Gasteiger charge is 2.31. The minimum atomic E-state index is 0.0531. The second kappa shape index (κ2) is 6.64. The number of nitrogens with zero attached hydrogens (tertiary/aromatic N) is 3. The van der Waals surface area contributed by atoms with Gasteiger partial charge < -0.3 is 9.88 Å². The summed E-state index contributed by atoms with van der Waals surface area (Å²) in [6, 6.07) is 13.5. The number of hydrogen-bond acceptors (Lipinski definition) is 3. The molecule has 1 N–H and O–H groups in total. The number of aromatic amines is 1. The maximum Gasteiger partial charge on any atom is 0.254 e. The highest BCUT2D eigenvalue weighted by Crippen LogP contribution is 2.32. The second-order valence-electron chi connectivity index (χ2n) is 6.09. The van der Waals surface area contributed by atoms with Crippen molar-refractivity contribution in [3.05, 3.63) is 77.1 Å². The summed E-state index contributed by atoms with van der Waals surface area (Å²) in [5.41, 5.74) is 2.59. The Morgan fingerprint density at radius 2 is 2.04 bits per heavy atom. The normalized spacial score (nSPS) is 17.0. The Hall–Kier alpha value is -2.73. The van der Waals surface area contributed by atoms with Crippen molar-refractivity contribution >= 4 is 18.1 Å². The third kappa shape index (κ3) is 3.00. The van der Waals surface area contributed by atoms with Gasteiger partial charge in [0.15, 0.2) is 4.77 Å². The van der Waals surface area contributed by atoms with E-state index in [0.29, 0.717) is 10.3 Å². The molecule has 3 aromatic rings. The van der Waals surface area contributed by atoms with Crippen LogP contribution in [0.5, 0.6) is 0 Å². The van der Waals surface area contributed by atoms with E-state index >= 15 is 0 Å². The van der Waals surface area contributed by atoms with Crippen molar-refractivity contribution in [2.24, 2.45) is 0 Å². The van der Waals surface area contributed by atoms with Crippen LogP contribution in [0.4, 0.5) is 0 Å². The van der Waals surface area contributed by atoms with Crippen molar-refractivity contribution in [2.45, 2.75) is 18.9 Å². The first-order valence-electron chi connectivity index (χ1n) is 8.32. The van der Waals surface area contributed by atoms with Gasteiger partial charge in [0.2, 0.25) is 0 Å². The number of carbonyl (C=O) groups excluding carboxylic acids is 1. The van der Waals surface area contributed by atoms with Crippen molar-refractivity contribution in [1.29, 1.82) is 0 Å². The van der Waals surface area contributed by atoms with Crippen molar-refractivity contribution in [1.82, 2.24) is 19.4 Å². The van der Waals surface area contributed by atoms with Crippen molar-refractivity contribution < 1.29 is 4.79 Å². The summed E-state index contributed by atoms with van der Waals surface area (Å²) in [7, 11) is 0. The molecule has 126 valence electrons. The molecule has 4 rings (SSSR count). The first-order valence-corrected chi connectivity index (χ1v) is 8.73. The highest BCUT2D eigenvalue weighted by molar-refractivity contribution is 7.71. The molecule has 0 radical (unpaired) electrons. The van der Waals surface area contributed by atoms with Crippen LogP contribution in [-0.2, 0) is 0 Å². The van der Waals surface area contributed by atoms with Gasteiger partial charge >= 0.3 is 0 Å². The van der Waals surface area contributed by atoms with Gasteiger partial charge in [-0.3, -0.25) is 14.3 Å². The SMILES string of the molecule is O=C(c1ccc(-n2cc[nH]c2=S)cc1)N1CCC[C@H]1c1ccccn1. The lowest BCUT2D eigenvalue weighted by Gasteiger charge is -2.24. The topological polar surface area (TPSA) is 53.9 Å². The Labute approximate surface area is 151 Å². The fraction of sp³-hybridized carbons (Fsp3) is 0.211. The van der Waals surface area contributed by atoms with Gasteiger partial charge in [-0.15, -0.1) is 0 Å². The number of imidazole rings is 1. The molecule has 1 amide bonds. The van der Waals surface area contributed by atoms with Gasteiger partial charge in [0.1, 0.15) is 0 Å². The molecule has 0 aliphatic carbocycles. The van der Waals surface area contributed by atoms with Gasteiger partial charge in [-0.1, -0.05) is 6.07 Å². The van der Waals surface area contributed by atoms with E-state index in [9.17, 15) is 4.79 Å². The number of pyridine rings is 1. The fourth-order valence-electron chi connectivity index (χ4n) is 3.34. The number of carbonyl (C=O) groups is 1. The van der Waals surface area contributed by atoms with Gasteiger partial charge in [0.25, 0.3) is 5.91 Å². The van der Waals surface area contributed by atoms with Crippen LogP contribution in [0.1, 0.15) is 34.9 Å². The third-order valence-electron chi connectivity index (χ3n) is 4.58. The van der Waals surface area contributed by atoms with E-state index in [1.807, 2.05) is 58.1 Å². The van der Waals surface area contributed by atoms with Crippen LogP contribution in [0.25, 0.3) is 5.69 Å². The summed E-state index contributed by atoms with van der Waals surface area (Å²) in [5.74, 6) is 0.0531. The largest absolute Gasteiger partial charge is 0.337 e. The van der Waals surface area contributed by atoms with Gasteiger partial charge in [-0.25, -0.2) is 0 Å². The molecule has 1 aromatic carbocycles. The van der Waals surface area contributed by atoms with E-state index in [4.69, 9.17) is 12.2 Å². The number of amides is 1. The lowest BCUT2D eigenvalue weighted by Crippen LogP contribution is -2.30. The maximum absolute atomic E-state index is 13.0. The first kappa shape index (κ1) is 15.8. The summed E-state index contributed by atoms with van der Waals surface area (Å²) in [5, 5.41) is 0. The van der Waals surface area contributed by atoms with Gasteiger partial charge in [-0.05, 0) is 61.5 Å². The van der Waals surface area contributed by atoms with Gasteiger partial charge in [0, 0.05) is 36.4 Å². The molecule has 1 atom stereocenters. The van der Waals surface area contributed by atoms with Crippen LogP contribution in [0.2, 0.25) is 0 Å². The van der Waals surface area contributed by atoms with E-state index in [0.717, 1.165) is 30.8 Å². The van der Waals surface area contributed by atoms with Gasteiger partial charge in [0.05, 0.1) is 11.7 Å². The molecule has 2 aromatic heterocycles. The Kier molecular flexibility index (Phi) is 4.19. The number of nitrogens with one attached hydrogen (secondary N) is 1. The zero-order chi connectivity index (χ0) is 17.2. The highest BCUT2D eigenvalue weighted by atomic mass is 32.1. The summed E-state index contributed by atoms with van der Waals surface area (Å²) in [6.45, 7) is 0.769. The molecular weight excluding hydrogens is 332 g/mol. The van der Waals surface area contributed by atoms with Crippen molar-refractivity contribution in [2.75, 3.05) is 6.54 Å². The molecule has 0 unspecified atom stereocenters. The smallest absolute Gasteiger partial charge is 0.254 e. The van der Waals surface area contributed by atoms with Crippen LogP contribution >= 0.6 is 12.2 Å². The fourth-order valence-corrected chi connectivity index (χ4v) is 3.58. The Balaban J connectivity index is 1.58. The molecule has 3 heterocycles. The molecule has 25 heavy (non-hydrogen) atoms. The van der Waals surface area contributed by atoms with E-state index in [2.05, 4.69) is 9.97 Å². The standard InChI is InChI=1S/C19H18N4OS/c24-18(23-12-3-5-17(23)16-4-1-2-10-20-16)14-6-8-15(9-7-14)22-13-11-21-19(22)25/h1-2,4,6-11,13,17H,3,5,12H2,(H,21,25)/t17-/m0/s1. The van der Waals surface area contributed by atoms with Crippen molar-refractivity contribution in [3.8, 4) is 5.69 Å². The molecule has 0 spiro atoms. The number of likely N-dealkylation sites (tertiary alicyclic amines) is 1. The minimum absolute atomic E-state index is 0.0531. The lowest BCUT2D eigenvalue weighted by atomic mass is 10.1. The van der Waals surface area contributed by atoms with Gasteiger partial charge in [-0.2, -0.15) is 0 Å². The molecule has 0 saturated carbocycles. The average Bonchev–Trinajstić information content (AvgIpc) is 3.31. The molecule has 1 saturated heterocycles. The minimum Gasteiger partial charge on any atom is -0.337 e. The van der Waals surface area contributed by atoms with Crippen LogP contribution < -0.4 is 0 Å². The average molecular weight is 350 g/mol. The molecule has 1 aliphatic rings. The van der Waals surface area contributed by atoms with E-state index in [1.54, 1.807) is 12.4 Å². The van der Waals surface area contributed by atoms with Crippen LogP contribution in [0.3, 0.4) is 0 Å². The Bertz CT molecular complexity index is 930. The van der Waals surface area contributed by atoms with Crippen LogP contribution in [0.15, 0.2) is 61.1 Å². The number of benzene rings is 1. The molecule has 5 nitrogen and oxygen atoms in total. The molecule has 1 fully saturated rings. The van der Waals surface area contributed by atoms with Crippen LogP contribution in [0, 0.1) is 4.77 Å². The first-order chi connectivity index (χ1) is 12.2. The zero-order valence-corrected chi connectivity index (χ0v) is 14.4. The van der Waals surface area contributed by atoms with Crippen LogP contribution in [-0.4, -0.2) is 31.9 Å². The lowest BCUT2D eigenvalue weighted by molar-refractivity contribution is 0.0733. The second-order valence-corrected chi connectivity index (χ2v) is 6.48. The summed E-state index contributed by atoms with van der Waals surface area (Å²) in [4.78, 5) is 22.3. The van der Waals surface area contributed by atoms with Crippen molar-refractivity contribution in [3.63, 3.8) is 0 Å². The third-order valence-corrected chi connectivity index (χ3v) is 4.90. The quantitative estimate of drug-likeness (QED) is 0.729. The predicted molar refractivity (Wildman–Crippen MR) is 98.2 cm³/mol. The molecule has 1 aliphatic heterocycles. The summed E-state index contributed by atoms with van der Waals surface area (Å²) < 4.78 is 2.50. The number of rotatable bonds is 3. The summed E-state index contributed by atoms with van der Waals surface area (Å²) in [6.07, 6.45) is 7.41. The number of aromatic nitrogens is 3. The maximum atomic E-state index is 13.0. The molecule has 6 heteroatoms. The molecule has 0 bridgehead atoms. The summed E-state index contributed by atoms with van der Waals surface area (Å²) >= 11 is 5.23. The van der Waals surface area contributed by atoms with E-state index < -0.39 is 0 Å². The Morgan fingerprint density at radius 1 is 1.20 bits per heavy atom. The zero-order valence-electron chi connectivity index (χ0n) is 13.6. The van der Waals surface area contributed by atoms with E-state index in [1.165, 1.54) is 0 Å². The number of hydrogen-bond donors (Lipinski definition) is 1. The monoisotopic (exact) mass is 350 g/mol.